The molecule has 1 fully saturated rings. The van der Waals surface area contributed by atoms with Gasteiger partial charge in [-0.2, -0.15) is 24.9 Å². The number of ether oxygens (including phenoxy) is 3. The number of hydrogen-bond donors (Lipinski definition) is 10. The first kappa shape index (κ1) is 68.0. The van der Waals surface area contributed by atoms with Crippen LogP contribution in [0.1, 0.15) is 77.8 Å². The lowest BCUT2D eigenvalue weighted by Crippen LogP contribution is -2.14. The molecule has 21 heteroatoms. The van der Waals surface area contributed by atoms with Crippen LogP contribution in [0.3, 0.4) is 0 Å². The number of alkyl halides is 3. The highest BCUT2D eigenvalue weighted by atomic mass is 32.2. The van der Waals surface area contributed by atoms with Gasteiger partial charge in [0.25, 0.3) is 0 Å². The van der Waals surface area contributed by atoms with E-state index in [0.29, 0.717) is 64.7 Å². The quantitative estimate of drug-likeness (QED) is 0.0556. The normalized spacial score (nSPS) is 13.2. The fourth-order valence-electron chi connectivity index (χ4n) is 5.15. The highest BCUT2D eigenvalue weighted by Gasteiger charge is 2.32. The molecule has 2 aliphatic carbocycles. The molecule has 0 saturated heterocycles. The second kappa shape index (κ2) is 44.8. The molecular formula is C48H85F3N10O5S3. The van der Waals surface area contributed by atoms with E-state index in [-0.39, 0.29) is 17.0 Å². The molecule has 1 saturated carbocycles. The molecule has 0 bridgehead atoms. The van der Waals surface area contributed by atoms with Crippen LogP contribution in [-0.2, 0) is 56.3 Å². The molecule has 0 amide bonds. The van der Waals surface area contributed by atoms with Crippen LogP contribution >= 0.6 is 23.1 Å². The Morgan fingerprint density at radius 2 is 1.26 bits per heavy atom. The minimum atomic E-state index is -4.30. The zero-order valence-corrected chi connectivity index (χ0v) is 43.3. The number of primary sulfonamides is 1. The van der Waals surface area contributed by atoms with E-state index >= 15 is 0 Å². The third kappa shape index (κ3) is 39.3. The predicted molar refractivity (Wildman–Crippen MR) is 283 cm³/mol. The van der Waals surface area contributed by atoms with Gasteiger partial charge in [0.15, 0.2) is 0 Å². The summed E-state index contributed by atoms with van der Waals surface area (Å²) in [6, 6.07) is 25.1. The van der Waals surface area contributed by atoms with E-state index in [4.69, 9.17) is 71.0 Å². The Kier molecular flexibility index (Phi) is 44.2. The van der Waals surface area contributed by atoms with Gasteiger partial charge in [-0.05, 0) is 135 Å². The molecule has 69 heavy (non-hydrogen) atoms. The van der Waals surface area contributed by atoms with Crippen molar-refractivity contribution in [1.29, 1.82) is 0 Å². The van der Waals surface area contributed by atoms with Crippen molar-refractivity contribution in [2.24, 2.45) is 56.7 Å². The number of hydrogen-bond acceptors (Lipinski definition) is 16. The maximum atomic E-state index is 12.2. The van der Waals surface area contributed by atoms with E-state index in [2.05, 4.69) is 30.5 Å². The Labute approximate surface area is 419 Å². The lowest BCUT2D eigenvalue weighted by molar-refractivity contribution is -0.138. The number of aryl methyl sites for hydroxylation is 1. The van der Waals surface area contributed by atoms with E-state index in [0.717, 1.165) is 70.0 Å². The number of halogens is 3. The molecule has 3 aromatic carbocycles. The molecule has 1 unspecified atom stereocenters. The van der Waals surface area contributed by atoms with Crippen molar-refractivity contribution >= 4 is 33.1 Å². The van der Waals surface area contributed by atoms with Crippen molar-refractivity contribution in [3.8, 4) is 0 Å². The van der Waals surface area contributed by atoms with Gasteiger partial charge >= 0.3 is 6.18 Å². The zero-order valence-electron chi connectivity index (χ0n) is 40.8. The SMILES string of the molecule is CCOCCCN.CSCCCN.NC1CC1.NC1CCc2ccccc21.NCCOCCOCCN.NCCc1ccc(S(N)(=O)=O)cc1.NCc1ccccc1C(F)(F)F.NCc1cccs1. The van der Waals surface area contributed by atoms with Crippen LogP contribution in [0.15, 0.2) is 95.2 Å². The third-order valence-corrected chi connectivity index (χ3v) is 11.5. The molecule has 0 radical (unpaired) electrons. The number of nitrogens with two attached hydrogens (primary N) is 10. The minimum absolute atomic E-state index is 0.0876. The Balaban J connectivity index is 0. The lowest BCUT2D eigenvalue weighted by Gasteiger charge is -2.10. The highest BCUT2D eigenvalue weighted by molar-refractivity contribution is 7.98. The van der Waals surface area contributed by atoms with Crippen LogP contribution in [0.4, 0.5) is 13.2 Å². The van der Waals surface area contributed by atoms with Crippen LogP contribution in [0, 0.1) is 0 Å². The van der Waals surface area contributed by atoms with E-state index in [1.807, 2.05) is 36.2 Å². The van der Waals surface area contributed by atoms with Gasteiger partial charge in [-0.15, -0.1) is 11.3 Å². The van der Waals surface area contributed by atoms with Gasteiger partial charge in [-0.1, -0.05) is 60.7 Å². The fraction of sp³-hybridized carbons (Fsp3) is 0.542. The third-order valence-electron chi connectivity index (χ3n) is 8.96. The van der Waals surface area contributed by atoms with Crippen LogP contribution in [0.5, 0.6) is 0 Å². The lowest BCUT2D eigenvalue weighted by atomic mass is 10.1. The summed E-state index contributed by atoms with van der Waals surface area (Å²) in [5.74, 6) is 1.20. The number of sulfonamides is 1. The molecule has 2 aliphatic rings. The van der Waals surface area contributed by atoms with Crippen molar-refractivity contribution in [3.05, 3.63) is 123 Å². The first-order valence-corrected chi connectivity index (χ1v) is 26.9. The van der Waals surface area contributed by atoms with Crippen LogP contribution in [0.2, 0.25) is 0 Å². The topological polar surface area (TPSA) is 322 Å². The molecule has 1 heterocycles. The van der Waals surface area contributed by atoms with Crippen molar-refractivity contribution in [2.75, 3.05) is 84.4 Å². The van der Waals surface area contributed by atoms with Gasteiger partial charge in [0.1, 0.15) is 0 Å². The maximum Gasteiger partial charge on any atom is 0.416 e. The van der Waals surface area contributed by atoms with E-state index in [1.54, 1.807) is 23.5 Å². The Bertz CT molecular complexity index is 1840. The van der Waals surface area contributed by atoms with E-state index in [1.165, 1.54) is 64.9 Å². The highest BCUT2D eigenvalue weighted by Crippen LogP contribution is 2.31. The predicted octanol–water partition coefficient (Wildman–Crippen LogP) is 4.95. The van der Waals surface area contributed by atoms with Crippen molar-refractivity contribution in [2.45, 2.75) is 88.1 Å². The fourth-order valence-corrected chi connectivity index (χ4v) is 6.70. The Morgan fingerprint density at radius 3 is 1.65 bits per heavy atom. The number of rotatable bonds is 19. The molecule has 1 atom stereocenters. The Hall–Kier alpha value is -3.07. The summed E-state index contributed by atoms with van der Waals surface area (Å²) in [5, 5.41) is 6.96. The van der Waals surface area contributed by atoms with Gasteiger partial charge in [0.2, 0.25) is 10.0 Å². The second-order valence-corrected chi connectivity index (χ2v) is 18.4. The molecule has 1 aromatic heterocycles. The summed E-state index contributed by atoms with van der Waals surface area (Å²) >= 11 is 3.54. The van der Waals surface area contributed by atoms with Crippen LogP contribution < -0.4 is 56.7 Å². The minimum Gasteiger partial charge on any atom is -0.382 e. The Morgan fingerprint density at radius 1 is 0.681 bits per heavy atom. The van der Waals surface area contributed by atoms with Gasteiger partial charge in [-0.3, -0.25) is 0 Å². The van der Waals surface area contributed by atoms with E-state index < -0.39 is 21.8 Å². The second-order valence-electron chi connectivity index (χ2n) is 14.8. The van der Waals surface area contributed by atoms with Gasteiger partial charge in [0, 0.05) is 56.4 Å². The van der Waals surface area contributed by atoms with Gasteiger partial charge < -0.3 is 65.8 Å². The summed E-state index contributed by atoms with van der Waals surface area (Å²) in [6.45, 7) is 9.87. The van der Waals surface area contributed by atoms with Crippen molar-refractivity contribution in [1.82, 2.24) is 0 Å². The van der Waals surface area contributed by atoms with Gasteiger partial charge in [-0.25, -0.2) is 13.6 Å². The standard InChI is InChI=1S/C9H11N.C8H8F3N.C8H12N2O2S.C6H16N2O2.C5H13NO.C5H7NS.C4H11NS.C3H7N/c10-9-6-5-7-3-1-2-4-8(7)9;9-8(10,11)7-4-2-1-3-6(7)5-12;9-6-5-7-1-3-8(4-2-7)13(10,11)12;7-1-3-9-5-6-10-4-2-8;1-2-7-5-3-4-6;6-4-5-2-1-3-7-5;1-6-4-2-3-5;4-3-1-2-3/h1-4,9H,5-6,10H2;1-4H,5,12H2;1-4H,5-6,9H2,(H2,10,11,12);1-8H2;2-6H2,1H3;1-3H,4,6H2;2-5H2,1H3;3H,1-2,4H2. The summed E-state index contributed by atoms with van der Waals surface area (Å²) in [4.78, 5) is 1.38. The molecule has 15 nitrogen and oxygen atoms in total. The average molecular weight is 1040 g/mol. The molecular weight excluding hydrogens is 950 g/mol. The van der Waals surface area contributed by atoms with Crippen LogP contribution in [0.25, 0.3) is 0 Å². The first-order chi connectivity index (χ1) is 33.0. The summed E-state index contributed by atoms with van der Waals surface area (Å²) < 4.78 is 73.3. The monoisotopic (exact) mass is 1030 g/mol. The number of thioether (sulfide) groups is 1. The molecule has 0 aliphatic heterocycles. The summed E-state index contributed by atoms with van der Waals surface area (Å²) in [7, 11) is -3.57. The van der Waals surface area contributed by atoms with Crippen molar-refractivity contribution < 1.29 is 35.8 Å². The van der Waals surface area contributed by atoms with E-state index in [9.17, 15) is 21.6 Å². The molecule has 6 rings (SSSR count). The van der Waals surface area contributed by atoms with Crippen LogP contribution in [-0.4, -0.2) is 98.8 Å². The smallest absolute Gasteiger partial charge is 0.382 e. The maximum absolute atomic E-state index is 12.2. The molecule has 0 spiro atoms. The van der Waals surface area contributed by atoms with Crippen molar-refractivity contribution in [3.63, 3.8) is 0 Å². The molecule has 396 valence electrons. The summed E-state index contributed by atoms with van der Waals surface area (Å²) in [6.07, 6.45) is 5.49. The molecule has 20 N–H and O–H groups in total. The largest absolute Gasteiger partial charge is 0.416 e. The number of benzene rings is 3. The van der Waals surface area contributed by atoms with Gasteiger partial charge in [0.05, 0.1) is 36.9 Å². The number of fused-ring (bicyclic) bond motifs is 1. The number of thiophene rings is 1. The zero-order chi connectivity index (χ0) is 52.2. The average Bonchev–Trinajstić information content (AvgIpc) is 3.76. The first-order valence-electron chi connectivity index (χ1n) is 23.0. The summed E-state index contributed by atoms with van der Waals surface area (Å²) in [5.41, 5.74) is 50.9. The molecule has 4 aromatic rings.